The molecule has 0 unspecified atom stereocenters. The van der Waals surface area contributed by atoms with Crippen LogP contribution in [0.2, 0.25) is 0 Å². The number of fused-ring (bicyclic) bond motifs is 1. The number of methoxy groups -OCH3 is 1. The Hall–Kier alpha value is -3.78. The SMILES string of the molecule is COc1cc(/C=C/C(=O)Nc2ccc(-c3nc4ccc(C)cc4s3)cc2)ccc1OC(F)F. The predicted octanol–water partition coefficient (Wildman–Crippen LogP) is 6.53. The smallest absolute Gasteiger partial charge is 0.387 e. The van der Waals surface area contributed by atoms with Crippen molar-refractivity contribution in [3.05, 3.63) is 77.9 Å². The molecule has 0 bridgehead atoms. The minimum atomic E-state index is -2.95. The van der Waals surface area contributed by atoms with Gasteiger partial charge < -0.3 is 14.8 Å². The van der Waals surface area contributed by atoms with Crippen molar-refractivity contribution in [3.63, 3.8) is 0 Å². The fraction of sp³-hybridized carbons (Fsp3) is 0.120. The van der Waals surface area contributed by atoms with Crippen molar-refractivity contribution in [1.29, 1.82) is 0 Å². The van der Waals surface area contributed by atoms with Crippen molar-refractivity contribution in [3.8, 4) is 22.1 Å². The maximum atomic E-state index is 12.4. The molecule has 0 fully saturated rings. The van der Waals surface area contributed by atoms with Gasteiger partial charge in [0, 0.05) is 17.3 Å². The summed E-state index contributed by atoms with van der Waals surface area (Å²) in [6.45, 7) is -0.894. The minimum absolute atomic E-state index is 0.0718. The first-order valence-corrected chi connectivity index (χ1v) is 10.8. The van der Waals surface area contributed by atoms with Gasteiger partial charge in [0.2, 0.25) is 5.91 Å². The zero-order valence-electron chi connectivity index (χ0n) is 17.8. The van der Waals surface area contributed by atoms with E-state index in [9.17, 15) is 13.6 Å². The molecule has 0 aliphatic rings. The van der Waals surface area contributed by atoms with E-state index in [-0.39, 0.29) is 17.4 Å². The molecular weight excluding hydrogens is 446 g/mol. The number of halogens is 2. The Morgan fingerprint density at radius 2 is 1.85 bits per heavy atom. The van der Waals surface area contributed by atoms with E-state index in [4.69, 9.17) is 4.74 Å². The molecule has 0 atom stereocenters. The standard InChI is InChI=1S/C25H20F2N2O3S/c1-15-3-10-19-22(13-15)33-24(29-19)17-6-8-18(9-7-17)28-23(30)12-5-16-4-11-20(32-25(26)27)21(14-16)31-2/h3-14,25H,1-2H3,(H,28,30)/b12-5+. The molecule has 3 aromatic carbocycles. The van der Waals surface area contributed by atoms with Crippen LogP contribution < -0.4 is 14.8 Å². The molecule has 0 spiro atoms. The molecular formula is C25H20F2N2O3S. The van der Waals surface area contributed by atoms with Gasteiger partial charge in [-0.2, -0.15) is 8.78 Å². The third kappa shape index (κ3) is 5.53. The van der Waals surface area contributed by atoms with Crippen LogP contribution >= 0.6 is 11.3 Å². The molecule has 1 heterocycles. The minimum Gasteiger partial charge on any atom is -0.493 e. The van der Waals surface area contributed by atoms with Gasteiger partial charge in [-0.25, -0.2) is 4.98 Å². The summed E-state index contributed by atoms with van der Waals surface area (Å²) in [5.74, 6) is -0.249. The number of rotatable bonds is 7. The van der Waals surface area contributed by atoms with Gasteiger partial charge >= 0.3 is 6.61 Å². The van der Waals surface area contributed by atoms with Crippen LogP contribution in [0.3, 0.4) is 0 Å². The molecule has 33 heavy (non-hydrogen) atoms. The number of ether oxygens (including phenoxy) is 2. The van der Waals surface area contributed by atoms with Gasteiger partial charge in [-0.15, -0.1) is 11.3 Å². The van der Waals surface area contributed by atoms with Crippen LogP contribution in [0.4, 0.5) is 14.5 Å². The number of hydrogen-bond donors (Lipinski definition) is 1. The van der Waals surface area contributed by atoms with Gasteiger partial charge in [0.25, 0.3) is 0 Å². The van der Waals surface area contributed by atoms with E-state index in [0.29, 0.717) is 11.3 Å². The fourth-order valence-corrected chi connectivity index (χ4v) is 4.26. The quantitative estimate of drug-likeness (QED) is 0.315. The summed E-state index contributed by atoms with van der Waals surface area (Å²) in [7, 11) is 1.35. The molecule has 1 amide bonds. The number of aryl methyl sites for hydroxylation is 1. The van der Waals surface area contributed by atoms with E-state index in [0.717, 1.165) is 20.8 Å². The molecule has 0 aliphatic carbocycles. The first kappa shape index (κ1) is 22.4. The van der Waals surface area contributed by atoms with Crippen LogP contribution in [0, 0.1) is 6.92 Å². The van der Waals surface area contributed by atoms with E-state index in [1.165, 1.54) is 30.9 Å². The number of nitrogens with one attached hydrogen (secondary N) is 1. The van der Waals surface area contributed by atoms with Crippen molar-refractivity contribution in [1.82, 2.24) is 4.98 Å². The predicted molar refractivity (Wildman–Crippen MR) is 127 cm³/mol. The Labute approximate surface area is 193 Å². The summed E-state index contributed by atoms with van der Waals surface area (Å²) in [6.07, 6.45) is 2.91. The summed E-state index contributed by atoms with van der Waals surface area (Å²) in [5, 5.41) is 3.71. The highest BCUT2D eigenvalue weighted by Crippen LogP contribution is 2.32. The van der Waals surface area contributed by atoms with E-state index in [1.54, 1.807) is 23.5 Å². The molecule has 8 heteroatoms. The maximum absolute atomic E-state index is 12.4. The van der Waals surface area contributed by atoms with Crippen LogP contribution in [0.5, 0.6) is 11.5 Å². The lowest BCUT2D eigenvalue weighted by molar-refractivity contribution is -0.111. The van der Waals surface area contributed by atoms with Crippen molar-refractivity contribution in [2.45, 2.75) is 13.5 Å². The number of benzene rings is 3. The van der Waals surface area contributed by atoms with Crippen molar-refractivity contribution in [2.24, 2.45) is 0 Å². The molecule has 0 saturated carbocycles. The van der Waals surface area contributed by atoms with Crippen LogP contribution in [-0.4, -0.2) is 24.6 Å². The highest BCUT2D eigenvalue weighted by Gasteiger charge is 2.11. The molecule has 4 rings (SSSR count). The first-order valence-electron chi connectivity index (χ1n) is 10.0. The number of aromatic nitrogens is 1. The lowest BCUT2D eigenvalue weighted by Crippen LogP contribution is -2.07. The van der Waals surface area contributed by atoms with Crippen molar-refractivity contribution in [2.75, 3.05) is 12.4 Å². The van der Waals surface area contributed by atoms with E-state index >= 15 is 0 Å². The Balaban J connectivity index is 1.41. The van der Waals surface area contributed by atoms with Crippen LogP contribution in [0.1, 0.15) is 11.1 Å². The van der Waals surface area contributed by atoms with Crippen molar-refractivity contribution >= 4 is 39.2 Å². The highest BCUT2D eigenvalue weighted by atomic mass is 32.1. The Bertz CT molecular complexity index is 1320. The lowest BCUT2D eigenvalue weighted by atomic mass is 10.2. The molecule has 0 radical (unpaired) electrons. The normalized spacial score (nSPS) is 11.3. The first-order chi connectivity index (χ1) is 15.9. The summed E-state index contributed by atoms with van der Waals surface area (Å²) in [4.78, 5) is 17.0. The Kier molecular flexibility index (Phi) is 6.65. The second kappa shape index (κ2) is 9.79. The van der Waals surface area contributed by atoms with Gasteiger partial charge in [0.1, 0.15) is 5.01 Å². The van der Waals surface area contributed by atoms with Gasteiger partial charge in [0.05, 0.1) is 17.3 Å². The Morgan fingerprint density at radius 3 is 2.58 bits per heavy atom. The molecule has 1 N–H and O–H groups in total. The van der Waals surface area contributed by atoms with Crippen molar-refractivity contribution < 1.29 is 23.0 Å². The number of amides is 1. The topological polar surface area (TPSA) is 60.5 Å². The fourth-order valence-electron chi connectivity index (χ4n) is 3.19. The highest BCUT2D eigenvalue weighted by molar-refractivity contribution is 7.21. The number of thiazole rings is 1. The molecule has 168 valence electrons. The average molecular weight is 467 g/mol. The Morgan fingerprint density at radius 1 is 1.06 bits per heavy atom. The molecule has 5 nitrogen and oxygen atoms in total. The van der Waals surface area contributed by atoms with E-state index < -0.39 is 6.61 Å². The van der Waals surface area contributed by atoms with E-state index in [2.05, 4.69) is 28.0 Å². The van der Waals surface area contributed by atoms with Gasteiger partial charge in [-0.1, -0.05) is 12.1 Å². The summed E-state index contributed by atoms with van der Waals surface area (Å²) in [6, 6.07) is 18.1. The monoisotopic (exact) mass is 466 g/mol. The van der Waals surface area contributed by atoms with Crippen LogP contribution in [-0.2, 0) is 4.79 Å². The zero-order chi connectivity index (χ0) is 23.4. The second-order valence-electron chi connectivity index (χ2n) is 7.18. The number of hydrogen-bond acceptors (Lipinski definition) is 5. The summed E-state index contributed by atoms with van der Waals surface area (Å²) in [5.41, 5.74) is 4.38. The third-order valence-corrected chi connectivity index (χ3v) is 5.84. The molecule has 0 saturated heterocycles. The van der Waals surface area contributed by atoms with Gasteiger partial charge in [-0.3, -0.25) is 4.79 Å². The van der Waals surface area contributed by atoms with E-state index in [1.807, 2.05) is 36.4 Å². The summed E-state index contributed by atoms with van der Waals surface area (Å²) >= 11 is 1.63. The molecule has 4 aromatic rings. The molecule has 1 aromatic heterocycles. The number of anilines is 1. The average Bonchev–Trinajstić information content (AvgIpc) is 3.21. The van der Waals surface area contributed by atoms with Gasteiger partial charge in [0.15, 0.2) is 11.5 Å². The maximum Gasteiger partial charge on any atom is 0.387 e. The number of alkyl halides is 2. The molecule has 0 aliphatic heterocycles. The van der Waals surface area contributed by atoms with Gasteiger partial charge in [-0.05, 0) is 72.7 Å². The second-order valence-corrected chi connectivity index (χ2v) is 8.21. The van der Waals surface area contributed by atoms with Crippen LogP contribution in [0.15, 0.2) is 66.7 Å². The van der Waals surface area contributed by atoms with Crippen LogP contribution in [0.25, 0.3) is 26.9 Å². The third-order valence-electron chi connectivity index (χ3n) is 4.77. The zero-order valence-corrected chi connectivity index (χ0v) is 18.7. The number of nitrogens with zero attached hydrogens (tertiary/aromatic N) is 1. The largest absolute Gasteiger partial charge is 0.493 e. The number of carbonyl (C=O) groups is 1. The summed E-state index contributed by atoms with van der Waals surface area (Å²) < 4.78 is 35.5. The lowest BCUT2D eigenvalue weighted by Gasteiger charge is -2.10. The number of carbonyl (C=O) groups excluding carboxylic acids is 1.